The molecule has 0 spiro atoms. The zero-order chi connectivity index (χ0) is 11.4. The Morgan fingerprint density at radius 3 is 2.50 bits per heavy atom. The van der Waals surface area contributed by atoms with Crippen LogP contribution in [0.2, 0.25) is 0 Å². The van der Waals surface area contributed by atoms with Gasteiger partial charge in [-0.3, -0.25) is 0 Å². The van der Waals surface area contributed by atoms with Crippen LogP contribution in [0.3, 0.4) is 0 Å². The Morgan fingerprint density at radius 1 is 1.06 bits per heavy atom. The quantitative estimate of drug-likeness (QED) is 0.857. The summed E-state index contributed by atoms with van der Waals surface area (Å²) in [6, 6.07) is 13.1. The van der Waals surface area contributed by atoms with E-state index in [4.69, 9.17) is 4.74 Å². The molecule has 2 rings (SSSR count). The van der Waals surface area contributed by atoms with Crippen molar-refractivity contribution in [3.63, 3.8) is 0 Å². The van der Waals surface area contributed by atoms with Gasteiger partial charge in [-0.1, -0.05) is 18.2 Å². The van der Waals surface area contributed by atoms with Gasteiger partial charge < -0.3 is 9.84 Å². The lowest BCUT2D eigenvalue weighted by atomic mass is 10.2. The normalized spacial score (nSPS) is 10.1. The van der Waals surface area contributed by atoms with Crippen molar-refractivity contribution < 1.29 is 14.2 Å². The predicted octanol–water partition coefficient (Wildman–Crippen LogP) is 3.11. The van der Waals surface area contributed by atoms with Crippen LogP contribution < -0.4 is 4.74 Å². The number of hydrogen-bond donors (Lipinski definition) is 1. The molecule has 0 saturated carbocycles. The third-order valence-electron chi connectivity index (χ3n) is 2.18. The summed E-state index contributed by atoms with van der Waals surface area (Å²) in [7, 11) is 0. The summed E-state index contributed by atoms with van der Waals surface area (Å²) in [4.78, 5) is 0. The molecule has 0 bridgehead atoms. The van der Waals surface area contributed by atoms with E-state index >= 15 is 0 Å². The smallest absolute Gasteiger partial charge is 0.126 e. The summed E-state index contributed by atoms with van der Waals surface area (Å²) in [6.45, 7) is 0.218. The van der Waals surface area contributed by atoms with E-state index in [-0.39, 0.29) is 12.4 Å². The number of para-hydroxylation sites is 1. The SMILES string of the molecule is Oc1cc(F)ccc1COc1ccccc1. The molecule has 3 heteroatoms. The number of phenolic OH excluding ortho intramolecular Hbond substituents is 1. The van der Waals surface area contributed by atoms with E-state index in [0.717, 1.165) is 6.07 Å². The van der Waals surface area contributed by atoms with Crippen LogP contribution in [0, 0.1) is 5.82 Å². The molecule has 2 aromatic carbocycles. The zero-order valence-corrected chi connectivity index (χ0v) is 8.56. The van der Waals surface area contributed by atoms with Crippen molar-refractivity contribution in [2.24, 2.45) is 0 Å². The molecule has 0 fully saturated rings. The van der Waals surface area contributed by atoms with Crippen LogP contribution in [0.5, 0.6) is 11.5 Å². The molecule has 0 amide bonds. The first kappa shape index (κ1) is 10.5. The number of ether oxygens (including phenoxy) is 1. The van der Waals surface area contributed by atoms with Gasteiger partial charge in [-0.05, 0) is 24.3 Å². The molecule has 1 N–H and O–H groups in total. The fraction of sp³-hybridized carbons (Fsp3) is 0.0769. The molecule has 2 aromatic rings. The van der Waals surface area contributed by atoms with E-state index in [1.807, 2.05) is 30.3 Å². The Kier molecular flexibility index (Phi) is 3.05. The summed E-state index contributed by atoms with van der Waals surface area (Å²) in [5.74, 6) is 0.170. The van der Waals surface area contributed by atoms with E-state index in [0.29, 0.717) is 11.3 Å². The number of hydrogen-bond acceptors (Lipinski definition) is 2. The second kappa shape index (κ2) is 4.66. The monoisotopic (exact) mass is 218 g/mol. The summed E-state index contributed by atoms with van der Waals surface area (Å²) in [5, 5.41) is 9.45. The van der Waals surface area contributed by atoms with Gasteiger partial charge in [0, 0.05) is 11.6 Å². The Hall–Kier alpha value is -2.03. The molecule has 16 heavy (non-hydrogen) atoms. The fourth-order valence-corrected chi connectivity index (χ4v) is 1.34. The molecular formula is C13H11FO2. The Bertz CT molecular complexity index is 469. The van der Waals surface area contributed by atoms with Crippen LogP contribution in [-0.2, 0) is 6.61 Å². The highest BCUT2D eigenvalue weighted by Gasteiger charge is 2.03. The van der Waals surface area contributed by atoms with Gasteiger partial charge in [0.15, 0.2) is 0 Å². The molecular weight excluding hydrogens is 207 g/mol. The van der Waals surface area contributed by atoms with Crippen molar-refractivity contribution in [2.45, 2.75) is 6.61 Å². The lowest BCUT2D eigenvalue weighted by Crippen LogP contribution is -1.95. The molecule has 0 atom stereocenters. The number of aromatic hydroxyl groups is 1. The van der Waals surface area contributed by atoms with Crippen LogP contribution in [0.1, 0.15) is 5.56 Å². The Morgan fingerprint density at radius 2 is 1.81 bits per heavy atom. The highest BCUT2D eigenvalue weighted by Crippen LogP contribution is 2.20. The highest BCUT2D eigenvalue weighted by atomic mass is 19.1. The summed E-state index contributed by atoms with van der Waals surface area (Å²) < 4.78 is 18.1. The average Bonchev–Trinajstić information content (AvgIpc) is 2.29. The molecule has 0 aliphatic carbocycles. The lowest BCUT2D eigenvalue weighted by Gasteiger charge is -2.07. The second-order valence-electron chi connectivity index (χ2n) is 3.37. The first-order valence-electron chi connectivity index (χ1n) is 4.91. The van der Waals surface area contributed by atoms with Crippen molar-refractivity contribution in [3.05, 3.63) is 59.9 Å². The van der Waals surface area contributed by atoms with Crippen molar-refractivity contribution in [3.8, 4) is 11.5 Å². The number of rotatable bonds is 3. The van der Waals surface area contributed by atoms with E-state index in [9.17, 15) is 9.50 Å². The number of phenols is 1. The maximum absolute atomic E-state index is 12.7. The van der Waals surface area contributed by atoms with Gasteiger partial charge in [0.05, 0.1) is 0 Å². The van der Waals surface area contributed by atoms with Crippen LogP contribution in [0.15, 0.2) is 48.5 Å². The molecule has 0 heterocycles. The summed E-state index contributed by atoms with van der Waals surface area (Å²) >= 11 is 0. The lowest BCUT2D eigenvalue weighted by molar-refractivity contribution is 0.298. The molecule has 0 saturated heterocycles. The largest absolute Gasteiger partial charge is 0.507 e. The van der Waals surface area contributed by atoms with Crippen molar-refractivity contribution in [1.82, 2.24) is 0 Å². The van der Waals surface area contributed by atoms with Gasteiger partial charge in [0.2, 0.25) is 0 Å². The van der Waals surface area contributed by atoms with Crippen LogP contribution in [0.4, 0.5) is 4.39 Å². The number of halogens is 1. The van der Waals surface area contributed by atoms with Gasteiger partial charge in [0.1, 0.15) is 23.9 Å². The molecule has 0 radical (unpaired) electrons. The standard InChI is InChI=1S/C13H11FO2/c14-11-7-6-10(13(15)8-11)9-16-12-4-2-1-3-5-12/h1-8,15H,9H2. The van der Waals surface area contributed by atoms with Gasteiger partial charge in [-0.25, -0.2) is 4.39 Å². The zero-order valence-electron chi connectivity index (χ0n) is 8.56. The minimum absolute atomic E-state index is 0.0871. The minimum atomic E-state index is -0.457. The van der Waals surface area contributed by atoms with Gasteiger partial charge in [-0.15, -0.1) is 0 Å². The van der Waals surface area contributed by atoms with Crippen LogP contribution in [-0.4, -0.2) is 5.11 Å². The third kappa shape index (κ3) is 2.51. The Labute approximate surface area is 92.9 Å². The van der Waals surface area contributed by atoms with Crippen LogP contribution in [0.25, 0.3) is 0 Å². The second-order valence-corrected chi connectivity index (χ2v) is 3.37. The van der Waals surface area contributed by atoms with E-state index in [1.165, 1.54) is 12.1 Å². The predicted molar refractivity (Wildman–Crippen MR) is 58.8 cm³/mol. The first-order valence-corrected chi connectivity index (χ1v) is 4.91. The molecule has 0 aliphatic rings. The minimum Gasteiger partial charge on any atom is -0.507 e. The Balaban J connectivity index is 2.05. The fourth-order valence-electron chi connectivity index (χ4n) is 1.34. The molecule has 0 aliphatic heterocycles. The summed E-state index contributed by atoms with van der Waals surface area (Å²) in [5.41, 5.74) is 0.560. The maximum atomic E-state index is 12.7. The molecule has 82 valence electrons. The average molecular weight is 218 g/mol. The van der Waals surface area contributed by atoms with Crippen molar-refractivity contribution in [1.29, 1.82) is 0 Å². The van der Waals surface area contributed by atoms with Crippen molar-refractivity contribution in [2.75, 3.05) is 0 Å². The topological polar surface area (TPSA) is 29.5 Å². The van der Waals surface area contributed by atoms with E-state index in [2.05, 4.69) is 0 Å². The first-order chi connectivity index (χ1) is 7.75. The molecule has 0 aromatic heterocycles. The third-order valence-corrected chi connectivity index (χ3v) is 2.18. The van der Waals surface area contributed by atoms with Crippen LogP contribution >= 0.6 is 0 Å². The molecule has 0 unspecified atom stereocenters. The van der Waals surface area contributed by atoms with E-state index < -0.39 is 5.82 Å². The maximum Gasteiger partial charge on any atom is 0.126 e. The highest BCUT2D eigenvalue weighted by molar-refractivity contribution is 5.32. The van der Waals surface area contributed by atoms with Gasteiger partial charge >= 0.3 is 0 Å². The van der Waals surface area contributed by atoms with Crippen molar-refractivity contribution >= 4 is 0 Å². The van der Waals surface area contributed by atoms with E-state index in [1.54, 1.807) is 0 Å². The number of benzene rings is 2. The van der Waals surface area contributed by atoms with Gasteiger partial charge in [0.25, 0.3) is 0 Å². The molecule has 2 nitrogen and oxygen atoms in total. The van der Waals surface area contributed by atoms with Gasteiger partial charge in [-0.2, -0.15) is 0 Å². The summed E-state index contributed by atoms with van der Waals surface area (Å²) in [6.07, 6.45) is 0.